The van der Waals surface area contributed by atoms with E-state index in [2.05, 4.69) is 28.1 Å². The van der Waals surface area contributed by atoms with Crippen LogP contribution in [0, 0.1) is 6.92 Å². The zero-order valence-corrected chi connectivity index (χ0v) is 23.2. The number of hydrogen-bond acceptors (Lipinski definition) is 6. The number of amides is 1. The fourth-order valence-electron chi connectivity index (χ4n) is 4.79. The van der Waals surface area contributed by atoms with E-state index in [0.29, 0.717) is 26.2 Å². The molecule has 5 rings (SSSR count). The first-order valence-electron chi connectivity index (χ1n) is 13.6. The molecule has 1 fully saturated rings. The molecule has 39 heavy (non-hydrogen) atoms. The van der Waals surface area contributed by atoms with Crippen molar-refractivity contribution in [3.63, 3.8) is 0 Å². The molecule has 0 aliphatic carbocycles. The van der Waals surface area contributed by atoms with Gasteiger partial charge in [-0.05, 0) is 70.4 Å². The average Bonchev–Trinajstić information content (AvgIpc) is 3.25. The molecule has 0 bridgehead atoms. The van der Waals surface area contributed by atoms with Gasteiger partial charge in [-0.1, -0.05) is 42.5 Å². The lowest BCUT2D eigenvalue weighted by atomic mass is 10.1. The molecule has 204 valence electrons. The smallest absolute Gasteiger partial charge is 0.410 e. The van der Waals surface area contributed by atoms with Crippen LogP contribution in [-0.2, 0) is 17.9 Å². The van der Waals surface area contributed by atoms with Gasteiger partial charge in [-0.15, -0.1) is 0 Å². The van der Waals surface area contributed by atoms with Gasteiger partial charge in [0, 0.05) is 24.8 Å². The summed E-state index contributed by atoms with van der Waals surface area (Å²) in [5.74, 6) is 1.56. The number of para-hydroxylation sites is 2. The Morgan fingerprint density at radius 1 is 0.974 bits per heavy atom. The van der Waals surface area contributed by atoms with Gasteiger partial charge < -0.3 is 24.3 Å². The minimum atomic E-state index is -0.496. The fourth-order valence-corrected chi connectivity index (χ4v) is 4.79. The van der Waals surface area contributed by atoms with Gasteiger partial charge in [0.25, 0.3) is 0 Å². The number of ether oxygens (including phenoxy) is 2. The summed E-state index contributed by atoms with van der Waals surface area (Å²) < 4.78 is 14.0. The molecule has 1 amide bonds. The molecule has 0 saturated carbocycles. The number of benzene rings is 2. The summed E-state index contributed by atoms with van der Waals surface area (Å²) in [5, 5.41) is 3.66. The number of pyridine rings is 1. The predicted molar refractivity (Wildman–Crippen MR) is 153 cm³/mol. The van der Waals surface area contributed by atoms with Crippen molar-refractivity contribution in [1.82, 2.24) is 19.4 Å². The second-order valence-corrected chi connectivity index (χ2v) is 11.1. The van der Waals surface area contributed by atoms with Crippen LogP contribution in [0.5, 0.6) is 5.75 Å². The van der Waals surface area contributed by atoms with Gasteiger partial charge in [0.2, 0.25) is 5.95 Å². The number of aryl methyl sites for hydroxylation is 1. The second kappa shape index (κ2) is 11.4. The van der Waals surface area contributed by atoms with E-state index in [4.69, 9.17) is 19.4 Å². The molecule has 3 heterocycles. The van der Waals surface area contributed by atoms with Crippen LogP contribution in [0.4, 0.5) is 10.7 Å². The van der Waals surface area contributed by atoms with Crippen LogP contribution in [0.3, 0.4) is 0 Å². The van der Waals surface area contributed by atoms with E-state index >= 15 is 0 Å². The number of aromatic nitrogens is 3. The van der Waals surface area contributed by atoms with E-state index < -0.39 is 5.60 Å². The number of hydrogen-bond donors (Lipinski definition) is 1. The molecule has 0 atom stereocenters. The minimum absolute atomic E-state index is 0.193. The number of carbonyl (C=O) groups excluding carboxylic acids is 1. The molecule has 2 aromatic carbocycles. The summed E-state index contributed by atoms with van der Waals surface area (Å²) in [5.41, 5.74) is 4.36. The Balaban J connectivity index is 1.34. The maximum absolute atomic E-state index is 12.5. The Morgan fingerprint density at radius 3 is 2.44 bits per heavy atom. The molecule has 4 aromatic rings. The highest BCUT2D eigenvalue weighted by Crippen LogP contribution is 2.27. The van der Waals surface area contributed by atoms with Crippen molar-refractivity contribution in [3.8, 4) is 5.75 Å². The first kappa shape index (κ1) is 26.5. The van der Waals surface area contributed by atoms with Crippen LogP contribution in [0.2, 0.25) is 0 Å². The monoisotopic (exact) mass is 527 g/mol. The topological polar surface area (TPSA) is 81.5 Å². The van der Waals surface area contributed by atoms with E-state index in [1.165, 1.54) is 0 Å². The van der Waals surface area contributed by atoms with Crippen LogP contribution >= 0.6 is 0 Å². The van der Waals surface area contributed by atoms with E-state index in [0.717, 1.165) is 52.5 Å². The molecule has 1 saturated heterocycles. The van der Waals surface area contributed by atoms with E-state index in [1.54, 1.807) is 4.90 Å². The van der Waals surface area contributed by atoms with Crippen molar-refractivity contribution in [2.45, 2.75) is 65.3 Å². The quantitative estimate of drug-likeness (QED) is 0.309. The lowest BCUT2D eigenvalue weighted by Gasteiger charge is -2.34. The van der Waals surface area contributed by atoms with Crippen molar-refractivity contribution >= 4 is 23.1 Å². The Labute approximate surface area is 230 Å². The van der Waals surface area contributed by atoms with Gasteiger partial charge >= 0.3 is 6.09 Å². The number of likely N-dealkylation sites (tertiary alicyclic amines) is 1. The molecule has 2 aromatic heterocycles. The first-order chi connectivity index (χ1) is 18.7. The zero-order valence-electron chi connectivity index (χ0n) is 23.2. The van der Waals surface area contributed by atoms with Crippen molar-refractivity contribution in [2.75, 3.05) is 18.4 Å². The van der Waals surface area contributed by atoms with E-state index in [1.807, 2.05) is 76.2 Å². The standard InChI is InChI=1S/C31H37N5O3/c1-22-14-15-28(38-21-23-10-6-5-7-11-23)26(32-22)20-36-27-13-9-8-12-25(27)34-29(36)33-24-16-18-35(19-17-24)30(37)39-31(2,3)4/h5-15,24H,16-21H2,1-4H3,(H,33,34). The first-order valence-corrected chi connectivity index (χ1v) is 13.6. The largest absolute Gasteiger partial charge is 0.487 e. The highest BCUT2D eigenvalue weighted by Gasteiger charge is 2.28. The number of rotatable bonds is 7. The number of fused-ring (bicyclic) bond motifs is 1. The number of anilines is 1. The van der Waals surface area contributed by atoms with Gasteiger partial charge in [0.15, 0.2) is 0 Å². The predicted octanol–water partition coefficient (Wildman–Crippen LogP) is 6.18. The van der Waals surface area contributed by atoms with Crippen molar-refractivity contribution < 1.29 is 14.3 Å². The Bertz CT molecular complexity index is 1420. The Morgan fingerprint density at radius 2 is 1.69 bits per heavy atom. The van der Waals surface area contributed by atoms with Gasteiger partial charge in [0.1, 0.15) is 23.7 Å². The molecular formula is C31H37N5O3. The Kier molecular flexibility index (Phi) is 7.72. The zero-order chi connectivity index (χ0) is 27.4. The Hall–Kier alpha value is -4.07. The molecule has 1 aliphatic heterocycles. The highest BCUT2D eigenvalue weighted by molar-refractivity contribution is 5.79. The lowest BCUT2D eigenvalue weighted by molar-refractivity contribution is 0.0210. The van der Waals surface area contributed by atoms with Gasteiger partial charge in [-0.3, -0.25) is 4.98 Å². The summed E-state index contributed by atoms with van der Waals surface area (Å²) in [7, 11) is 0. The van der Waals surface area contributed by atoms with Crippen molar-refractivity contribution in [1.29, 1.82) is 0 Å². The summed E-state index contributed by atoms with van der Waals surface area (Å²) in [6.07, 6.45) is 1.38. The summed E-state index contributed by atoms with van der Waals surface area (Å²) in [6, 6.07) is 22.5. The average molecular weight is 528 g/mol. The van der Waals surface area contributed by atoms with Gasteiger partial charge in [-0.2, -0.15) is 0 Å². The third kappa shape index (κ3) is 6.69. The van der Waals surface area contributed by atoms with Crippen LogP contribution in [0.25, 0.3) is 11.0 Å². The molecule has 0 spiro atoms. The molecule has 0 radical (unpaired) electrons. The highest BCUT2D eigenvalue weighted by atomic mass is 16.6. The number of carbonyl (C=O) groups is 1. The molecule has 8 heteroatoms. The SMILES string of the molecule is Cc1ccc(OCc2ccccc2)c(Cn2c(NC3CCN(C(=O)OC(C)(C)C)CC3)nc3ccccc32)n1. The van der Waals surface area contributed by atoms with Crippen molar-refractivity contribution in [3.05, 3.63) is 83.7 Å². The summed E-state index contributed by atoms with van der Waals surface area (Å²) in [6.45, 7) is 9.96. The van der Waals surface area contributed by atoms with Gasteiger partial charge in [-0.25, -0.2) is 9.78 Å². The molecule has 8 nitrogen and oxygen atoms in total. The fraction of sp³-hybridized carbons (Fsp3) is 0.387. The van der Waals surface area contributed by atoms with Crippen LogP contribution in [0.1, 0.15) is 50.6 Å². The summed E-state index contributed by atoms with van der Waals surface area (Å²) >= 11 is 0. The molecule has 0 unspecified atom stereocenters. The van der Waals surface area contributed by atoms with Crippen molar-refractivity contribution in [2.24, 2.45) is 0 Å². The van der Waals surface area contributed by atoms with Gasteiger partial charge in [0.05, 0.1) is 17.6 Å². The van der Waals surface area contributed by atoms with E-state index in [9.17, 15) is 4.79 Å². The van der Waals surface area contributed by atoms with E-state index in [-0.39, 0.29) is 12.1 Å². The maximum Gasteiger partial charge on any atom is 0.410 e. The second-order valence-electron chi connectivity index (χ2n) is 11.1. The molecular weight excluding hydrogens is 490 g/mol. The van der Waals surface area contributed by atoms with Crippen LogP contribution in [-0.4, -0.2) is 50.3 Å². The van der Waals surface area contributed by atoms with Crippen LogP contribution < -0.4 is 10.1 Å². The lowest BCUT2D eigenvalue weighted by Crippen LogP contribution is -2.44. The third-order valence-electron chi connectivity index (χ3n) is 6.75. The molecule has 1 aliphatic rings. The minimum Gasteiger partial charge on any atom is -0.487 e. The maximum atomic E-state index is 12.5. The number of imidazole rings is 1. The summed E-state index contributed by atoms with van der Waals surface area (Å²) in [4.78, 5) is 24.1. The molecule has 1 N–H and O–H groups in total. The normalized spacial score (nSPS) is 14.4. The number of nitrogens with one attached hydrogen (secondary N) is 1. The number of nitrogens with zero attached hydrogens (tertiary/aromatic N) is 4. The third-order valence-corrected chi connectivity index (χ3v) is 6.75. The van der Waals surface area contributed by atoms with Crippen LogP contribution in [0.15, 0.2) is 66.7 Å². The number of piperidine rings is 1.